The number of hydrogen-bond donors (Lipinski definition) is 2. The Morgan fingerprint density at radius 1 is 0.967 bits per heavy atom. The van der Waals surface area contributed by atoms with E-state index in [2.05, 4.69) is 15.8 Å². The molecule has 156 valence electrons. The Balaban J connectivity index is 1.74. The Morgan fingerprint density at radius 2 is 1.70 bits per heavy atom. The van der Waals surface area contributed by atoms with E-state index in [1.165, 1.54) is 31.6 Å². The summed E-state index contributed by atoms with van der Waals surface area (Å²) in [5.41, 5.74) is 5.68. The van der Waals surface area contributed by atoms with Gasteiger partial charge >= 0.3 is 0 Å². The van der Waals surface area contributed by atoms with Crippen molar-refractivity contribution in [2.45, 2.75) is 0 Å². The predicted octanol–water partition coefficient (Wildman–Crippen LogP) is 3.56. The molecule has 0 radical (unpaired) electrons. The number of nitrogens with one attached hydrogen (secondary N) is 2. The number of halogens is 1. The Bertz CT molecular complexity index is 1090. The molecule has 0 saturated carbocycles. The van der Waals surface area contributed by atoms with Gasteiger partial charge in [-0.3, -0.25) is 20.4 Å². The van der Waals surface area contributed by atoms with Crippen LogP contribution < -0.4 is 25.1 Å². The van der Waals surface area contributed by atoms with E-state index in [9.17, 15) is 9.59 Å². The Morgan fingerprint density at radius 3 is 2.40 bits per heavy atom. The second-order valence-electron chi connectivity index (χ2n) is 5.83. The molecule has 3 rings (SSSR count). The molecule has 2 amide bonds. The van der Waals surface area contributed by atoms with Gasteiger partial charge in [0.1, 0.15) is 16.5 Å². The van der Waals surface area contributed by atoms with Crippen LogP contribution in [0.5, 0.6) is 17.2 Å². The van der Waals surface area contributed by atoms with Gasteiger partial charge in [-0.05, 0) is 30.3 Å². The number of thiazole rings is 1. The average molecular weight is 448 g/mol. The maximum atomic E-state index is 12.4. The van der Waals surface area contributed by atoms with Crippen molar-refractivity contribution in [2.75, 3.05) is 21.3 Å². The molecule has 0 fully saturated rings. The van der Waals surface area contributed by atoms with E-state index in [0.717, 1.165) is 0 Å². The molecular weight excluding hydrogens is 430 g/mol. The van der Waals surface area contributed by atoms with Gasteiger partial charge in [-0.25, -0.2) is 4.98 Å². The van der Waals surface area contributed by atoms with E-state index in [1.54, 1.807) is 36.8 Å². The summed E-state index contributed by atoms with van der Waals surface area (Å²) >= 11 is 7.19. The molecule has 1 heterocycles. The number of rotatable bonds is 6. The van der Waals surface area contributed by atoms with Crippen LogP contribution in [0.3, 0.4) is 0 Å². The number of nitrogens with zero attached hydrogens (tertiary/aromatic N) is 1. The molecule has 8 nitrogen and oxygen atoms in total. The van der Waals surface area contributed by atoms with Crippen LogP contribution in [-0.4, -0.2) is 38.1 Å². The molecule has 0 unspecified atom stereocenters. The smallest absolute Gasteiger partial charge is 0.289 e. The van der Waals surface area contributed by atoms with Crippen molar-refractivity contribution in [1.29, 1.82) is 0 Å². The molecule has 0 saturated heterocycles. The second kappa shape index (κ2) is 9.47. The zero-order valence-corrected chi connectivity index (χ0v) is 17.9. The fourth-order valence-corrected chi connectivity index (χ4v) is 3.65. The number of carbonyl (C=O) groups is 2. The highest BCUT2D eigenvalue weighted by Crippen LogP contribution is 2.38. The molecule has 1 aromatic heterocycles. The first-order chi connectivity index (χ1) is 14.5. The fraction of sp³-hybridized carbons (Fsp3) is 0.150. The molecule has 10 heteroatoms. The van der Waals surface area contributed by atoms with Crippen molar-refractivity contribution in [1.82, 2.24) is 15.8 Å². The molecule has 0 bridgehead atoms. The van der Waals surface area contributed by atoms with Gasteiger partial charge in [0.25, 0.3) is 11.8 Å². The van der Waals surface area contributed by atoms with Crippen LogP contribution in [0.1, 0.15) is 20.8 Å². The Hall–Kier alpha value is -3.30. The quantitative estimate of drug-likeness (QED) is 0.560. The van der Waals surface area contributed by atoms with E-state index < -0.39 is 11.8 Å². The van der Waals surface area contributed by atoms with Crippen LogP contribution in [0.4, 0.5) is 0 Å². The monoisotopic (exact) mass is 447 g/mol. The third kappa shape index (κ3) is 4.47. The van der Waals surface area contributed by atoms with Crippen LogP contribution in [0.25, 0.3) is 10.6 Å². The standard InChI is InChI=1S/C20H18ClN3O5S/c1-27-15-8-7-11(21)9-13(15)18(25)23-24-19(26)14-10-30-20(22-14)12-5-4-6-16(28-2)17(12)29-3/h4-10H,1-3H3,(H,23,25)(H,24,26). The van der Waals surface area contributed by atoms with Crippen molar-refractivity contribution in [2.24, 2.45) is 0 Å². The van der Waals surface area contributed by atoms with Crippen LogP contribution in [0.2, 0.25) is 5.02 Å². The number of carbonyl (C=O) groups excluding carboxylic acids is 2. The van der Waals surface area contributed by atoms with Crippen LogP contribution in [0, 0.1) is 0 Å². The zero-order chi connectivity index (χ0) is 21.7. The lowest BCUT2D eigenvalue weighted by atomic mass is 10.2. The van der Waals surface area contributed by atoms with Crippen LogP contribution in [0.15, 0.2) is 41.8 Å². The van der Waals surface area contributed by atoms with E-state index in [-0.39, 0.29) is 11.3 Å². The highest BCUT2D eigenvalue weighted by Gasteiger charge is 2.18. The van der Waals surface area contributed by atoms with Crippen molar-refractivity contribution in [3.05, 3.63) is 58.1 Å². The first-order valence-electron chi connectivity index (χ1n) is 8.59. The summed E-state index contributed by atoms with van der Waals surface area (Å²) in [6.45, 7) is 0. The van der Waals surface area contributed by atoms with Gasteiger partial charge in [-0.1, -0.05) is 17.7 Å². The Labute approximate surface area is 181 Å². The summed E-state index contributed by atoms with van der Waals surface area (Å²) in [7, 11) is 4.50. The molecule has 0 atom stereocenters. The van der Waals surface area contributed by atoms with Gasteiger partial charge in [0.2, 0.25) is 0 Å². The minimum absolute atomic E-state index is 0.137. The van der Waals surface area contributed by atoms with Gasteiger partial charge in [0.05, 0.1) is 32.5 Å². The number of ether oxygens (including phenoxy) is 3. The number of para-hydroxylation sites is 1. The minimum atomic E-state index is -0.576. The van der Waals surface area contributed by atoms with Crippen LogP contribution in [-0.2, 0) is 0 Å². The number of aromatic nitrogens is 1. The van der Waals surface area contributed by atoms with E-state index in [0.29, 0.717) is 32.8 Å². The molecule has 2 N–H and O–H groups in total. The maximum absolute atomic E-state index is 12.4. The number of benzene rings is 2. The molecule has 0 spiro atoms. The van der Waals surface area contributed by atoms with E-state index in [1.807, 2.05) is 6.07 Å². The lowest BCUT2D eigenvalue weighted by Gasteiger charge is -2.11. The molecule has 2 aromatic carbocycles. The number of amides is 2. The minimum Gasteiger partial charge on any atom is -0.496 e. The highest BCUT2D eigenvalue weighted by atomic mass is 35.5. The van der Waals surface area contributed by atoms with Gasteiger partial charge in [-0.2, -0.15) is 0 Å². The summed E-state index contributed by atoms with van der Waals surface area (Å²) in [6, 6.07) is 9.99. The van der Waals surface area contributed by atoms with E-state index >= 15 is 0 Å². The topological polar surface area (TPSA) is 98.8 Å². The normalized spacial score (nSPS) is 10.3. The lowest BCUT2D eigenvalue weighted by Crippen LogP contribution is -2.41. The van der Waals surface area contributed by atoms with Crippen molar-refractivity contribution in [3.63, 3.8) is 0 Å². The number of methoxy groups -OCH3 is 3. The fourth-order valence-electron chi connectivity index (χ4n) is 2.66. The average Bonchev–Trinajstić information content (AvgIpc) is 3.26. The summed E-state index contributed by atoms with van der Waals surface area (Å²) in [4.78, 5) is 29.1. The Kier molecular flexibility index (Phi) is 6.76. The third-order valence-corrected chi connectivity index (χ3v) is 5.18. The molecule has 3 aromatic rings. The van der Waals surface area contributed by atoms with Crippen molar-refractivity contribution >= 4 is 34.8 Å². The second-order valence-corrected chi connectivity index (χ2v) is 7.13. The summed E-state index contributed by atoms with van der Waals surface area (Å²) < 4.78 is 15.8. The highest BCUT2D eigenvalue weighted by molar-refractivity contribution is 7.13. The van der Waals surface area contributed by atoms with E-state index in [4.69, 9.17) is 25.8 Å². The molecule has 0 aliphatic rings. The van der Waals surface area contributed by atoms with Crippen molar-refractivity contribution < 1.29 is 23.8 Å². The molecule has 30 heavy (non-hydrogen) atoms. The summed E-state index contributed by atoms with van der Waals surface area (Å²) in [5.74, 6) is 0.245. The number of hydrogen-bond acceptors (Lipinski definition) is 7. The zero-order valence-electron chi connectivity index (χ0n) is 16.3. The number of hydrazine groups is 1. The first kappa shape index (κ1) is 21.4. The largest absolute Gasteiger partial charge is 0.496 e. The van der Waals surface area contributed by atoms with Crippen molar-refractivity contribution in [3.8, 4) is 27.8 Å². The third-order valence-electron chi connectivity index (χ3n) is 4.07. The summed E-state index contributed by atoms with van der Waals surface area (Å²) in [5, 5.41) is 2.51. The van der Waals surface area contributed by atoms with Crippen LogP contribution >= 0.6 is 22.9 Å². The molecule has 0 aliphatic heterocycles. The first-order valence-corrected chi connectivity index (χ1v) is 9.85. The molecule has 0 aliphatic carbocycles. The predicted molar refractivity (Wildman–Crippen MR) is 114 cm³/mol. The molecular formula is C20H18ClN3O5S. The van der Waals surface area contributed by atoms with Gasteiger partial charge < -0.3 is 14.2 Å². The maximum Gasteiger partial charge on any atom is 0.289 e. The SMILES string of the molecule is COc1ccc(Cl)cc1C(=O)NNC(=O)c1csc(-c2cccc(OC)c2OC)n1. The van der Waals surface area contributed by atoms with Gasteiger partial charge in [-0.15, -0.1) is 11.3 Å². The van der Waals surface area contributed by atoms with Gasteiger partial charge in [0, 0.05) is 10.4 Å². The van der Waals surface area contributed by atoms with Gasteiger partial charge in [0.15, 0.2) is 11.5 Å². The summed E-state index contributed by atoms with van der Waals surface area (Å²) in [6.07, 6.45) is 0. The lowest BCUT2D eigenvalue weighted by molar-refractivity contribution is 0.0842.